The number of aryl methyl sites for hydroxylation is 2. The van der Waals surface area contributed by atoms with Gasteiger partial charge in [-0.3, -0.25) is 53.3 Å². The molecule has 492 valence electrons. The van der Waals surface area contributed by atoms with Gasteiger partial charge in [-0.2, -0.15) is 0 Å². The molecule has 93 heavy (non-hydrogen) atoms. The van der Waals surface area contributed by atoms with E-state index in [0.717, 1.165) is 55.2 Å². The zero-order valence-electron chi connectivity index (χ0n) is 54.1. The molecule has 6 aromatic rings. The molecule has 8 atom stereocenters. The Balaban J connectivity index is 0.000000250. The second-order valence-corrected chi connectivity index (χ2v) is 23.2. The van der Waals surface area contributed by atoms with E-state index in [9.17, 15) is 48.6 Å². The van der Waals surface area contributed by atoms with Gasteiger partial charge in [-0.1, -0.05) is 122 Å². The monoisotopic (exact) mass is 1270 g/mol. The number of piperidine rings is 1. The topological polar surface area (TPSA) is 279 Å². The number of aliphatic hydroxyl groups is 1. The lowest BCUT2D eigenvalue weighted by atomic mass is 9.97. The van der Waals surface area contributed by atoms with Gasteiger partial charge < -0.3 is 41.1 Å². The average Bonchev–Trinajstić information content (AvgIpc) is 0.948. The lowest BCUT2D eigenvalue weighted by Gasteiger charge is -2.35. The van der Waals surface area contributed by atoms with Crippen LogP contribution in [0.25, 0.3) is 33.7 Å². The van der Waals surface area contributed by atoms with E-state index in [4.69, 9.17) is 4.74 Å². The summed E-state index contributed by atoms with van der Waals surface area (Å²) >= 11 is 0. The van der Waals surface area contributed by atoms with Gasteiger partial charge in [0.1, 0.15) is 36.3 Å². The molecular formula is C73H89N9O11. The molecule has 8 rings (SSSR count). The Morgan fingerprint density at radius 2 is 1.11 bits per heavy atom. The van der Waals surface area contributed by atoms with Crippen LogP contribution in [0, 0.1) is 5.92 Å². The molecule has 0 saturated carbocycles. The van der Waals surface area contributed by atoms with Crippen molar-refractivity contribution >= 4 is 81.1 Å². The predicted molar refractivity (Wildman–Crippen MR) is 361 cm³/mol. The number of carboxylic acid groups (broad SMARTS) is 1. The zero-order valence-corrected chi connectivity index (χ0v) is 54.1. The van der Waals surface area contributed by atoms with Crippen molar-refractivity contribution in [2.75, 3.05) is 19.6 Å². The van der Waals surface area contributed by atoms with Crippen molar-refractivity contribution in [3.05, 3.63) is 193 Å². The van der Waals surface area contributed by atoms with Crippen molar-refractivity contribution in [3.8, 4) is 0 Å². The van der Waals surface area contributed by atoms with Gasteiger partial charge in [0.2, 0.25) is 29.5 Å². The highest BCUT2D eigenvalue weighted by Crippen LogP contribution is 2.26. The number of likely N-dealkylation sites (tertiary alicyclic amines) is 1. The van der Waals surface area contributed by atoms with Crippen LogP contribution >= 0.6 is 0 Å². The van der Waals surface area contributed by atoms with E-state index in [0.29, 0.717) is 64.5 Å². The molecule has 0 unspecified atom stereocenters. The van der Waals surface area contributed by atoms with Gasteiger partial charge in [0, 0.05) is 55.6 Å². The minimum Gasteiger partial charge on any atom is -0.481 e. The van der Waals surface area contributed by atoms with Crippen LogP contribution in [0.4, 0.5) is 0 Å². The summed E-state index contributed by atoms with van der Waals surface area (Å²) in [5.74, 6) is -4.08. The van der Waals surface area contributed by atoms with Crippen LogP contribution in [0.5, 0.6) is 0 Å². The maximum atomic E-state index is 13.4. The van der Waals surface area contributed by atoms with Crippen LogP contribution < -0.4 is 26.7 Å². The summed E-state index contributed by atoms with van der Waals surface area (Å²) < 4.78 is 5.80. The number of ether oxygens (including phenoxy) is 1. The molecule has 2 fully saturated rings. The Morgan fingerprint density at radius 1 is 0.624 bits per heavy atom. The van der Waals surface area contributed by atoms with Crippen molar-refractivity contribution in [1.82, 2.24) is 46.6 Å². The second-order valence-electron chi connectivity index (χ2n) is 23.2. The van der Waals surface area contributed by atoms with Crippen LogP contribution in [0.1, 0.15) is 139 Å². The standard InChI is InChI=1S/C36H43N5O5.C24H33N3O5.C13H13NO/c1-5-7-15-33(42)39-31(19-16-26-12-9-8-10-13-26)34(43)38-24(3)35(44)41-20-11-14-32(40-41)36(45)46-25(4)27-17-18-28-23-37-30(6-2)22-29(28)21-27;1-3-4-12-21(28)26-20(14-13-18-9-6-5-7-10-18)22(29)25-17(2)23(30)27-15-8-11-19(16-27)24(31)32;1-3-13-7-12-6-10(9(2)15)4-5-11(12)8-14-13/h5-10,12-13,17-18,21-25,31-32,40H,2,11,14-16,19-20H2,1,3-4H3,(H,38,43)(H,39,42);3-7,9-10,17,19-20H,8,11-16H2,1-2H3,(H,25,29)(H,26,28)(H,31,32);3-9,15H,1H2,2H3/b7-5+;4-3+;/t24-,25+,31-,32-;17-,19+,20-;9-/m001/s1. The Morgan fingerprint density at radius 3 is 1.59 bits per heavy atom. The SMILES string of the molecule is C/C=C/CC(=O)N[C@@H](CCc1ccccc1)C(=O)N[C@@H](C)C(=O)N1CCC[C@@H](C(=O)O)C1.C=Cc1cc2cc([C@@H](C)O)ccc2cn1.C=Cc1cc2cc([C@@H](C)OC(=O)[C@@H]3CCCN(C(=O)[C@H](C)NC(=O)[C@H](CCc4ccccc4)NC(=O)C/C=C/C)N3)ccc2cn1. The third-order valence-electron chi connectivity index (χ3n) is 16.0. The number of aliphatic carboxylic acids is 1. The number of benzene rings is 4. The molecular weight excluding hydrogens is 1180 g/mol. The van der Waals surface area contributed by atoms with E-state index in [1.54, 1.807) is 63.4 Å². The number of allylic oxidation sites excluding steroid dienone is 2. The summed E-state index contributed by atoms with van der Waals surface area (Å²) in [5, 5.41) is 35.2. The van der Waals surface area contributed by atoms with Gasteiger partial charge in [-0.15, -0.1) is 0 Å². The first-order chi connectivity index (χ1) is 44.7. The van der Waals surface area contributed by atoms with Gasteiger partial charge in [0.15, 0.2) is 0 Å². The average molecular weight is 1270 g/mol. The number of fused-ring (bicyclic) bond motifs is 2. The number of rotatable bonds is 25. The van der Waals surface area contributed by atoms with Crippen LogP contribution in [-0.2, 0) is 55.9 Å². The zero-order chi connectivity index (χ0) is 67.4. The van der Waals surface area contributed by atoms with Crippen LogP contribution in [0.3, 0.4) is 0 Å². The molecule has 20 heteroatoms. The van der Waals surface area contributed by atoms with Crippen LogP contribution in [-0.4, -0.2) is 127 Å². The smallest absolute Gasteiger partial charge is 0.325 e. The van der Waals surface area contributed by atoms with E-state index in [1.807, 2.05) is 136 Å². The van der Waals surface area contributed by atoms with Gasteiger partial charge in [0.05, 0.1) is 23.4 Å². The normalized spacial score (nSPS) is 16.5. The number of hydrogen-bond donors (Lipinski definition) is 7. The summed E-state index contributed by atoms with van der Waals surface area (Å²) in [5.41, 5.74) is 8.45. The predicted octanol–water partition coefficient (Wildman–Crippen LogP) is 9.40. The van der Waals surface area contributed by atoms with Gasteiger partial charge in [-0.25, -0.2) is 5.43 Å². The van der Waals surface area contributed by atoms with E-state index < -0.39 is 72.1 Å². The van der Waals surface area contributed by atoms with Crippen LogP contribution in [0.2, 0.25) is 0 Å². The maximum Gasteiger partial charge on any atom is 0.325 e. The molecule has 2 aliphatic rings. The van der Waals surface area contributed by atoms with E-state index in [1.165, 1.54) is 9.91 Å². The Kier molecular flexibility index (Phi) is 28.8. The molecule has 0 aliphatic carbocycles. The number of amides is 6. The Hall–Kier alpha value is -9.66. The molecule has 4 aromatic carbocycles. The molecule has 0 radical (unpaired) electrons. The maximum absolute atomic E-state index is 13.4. The summed E-state index contributed by atoms with van der Waals surface area (Å²) in [7, 11) is 0. The van der Waals surface area contributed by atoms with Crippen molar-refractivity contribution in [1.29, 1.82) is 0 Å². The van der Waals surface area contributed by atoms with Crippen molar-refractivity contribution in [2.45, 2.75) is 148 Å². The number of carbonyl (C=O) groups is 8. The molecule has 0 bridgehead atoms. The number of pyridine rings is 2. The summed E-state index contributed by atoms with van der Waals surface area (Å²) in [6, 6.07) is 30.9. The minimum absolute atomic E-state index is 0.145. The van der Waals surface area contributed by atoms with Gasteiger partial charge in [0.25, 0.3) is 5.91 Å². The number of esters is 1. The summed E-state index contributed by atoms with van der Waals surface area (Å²) in [6.07, 6.45) is 17.5. The van der Waals surface area contributed by atoms with Gasteiger partial charge >= 0.3 is 11.9 Å². The molecule has 2 aromatic heterocycles. The first-order valence-corrected chi connectivity index (χ1v) is 31.7. The second kappa shape index (κ2) is 37.0. The van der Waals surface area contributed by atoms with Crippen molar-refractivity contribution in [2.24, 2.45) is 5.92 Å². The quantitative estimate of drug-likeness (QED) is 0.0208. The highest BCUT2D eigenvalue weighted by Gasteiger charge is 2.35. The van der Waals surface area contributed by atoms with Gasteiger partial charge in [-0.05, 0) is 162 Å². The lowest BCUT2D eigenvalue weighted by molar-refractivity contribution is -0.157. The van der Waals surface area contributed by atoms with E-state index in [-0.39, 0.29) is 43.0 Å². The molecule has 4 heterocycles. The molecule has 6 amide bonds. The molecule has 2 aliphatic heterocycles. The third-order valence-corrected chi connectivity index (χ3v) is 16.0. The first-order valence-electron chi connectivity index (χ1n) is 31.7. The molecule has 2 saturated heterocycles. The fourth-order valence-electron chi connectivity index (χ4n) is 10.6. The summed E-state index contributed by atoms with van der Waals surface area (Å²) in [6.45, 7) is 18.8. The molecule has 20 nitrogen and oxygen atoms in total. The highest BCUT2D eigenvalue weighted by atomic mass is 16.5. The molecule has 0 spiro atoms. The number of hydrazine groups is 1. The largest absolute Gasteiger partial charge is 0.481 e. The number of carboxylic acids is 1. The van der Waals surface area contributed by atoms with Crippen molar-refractivity contribution in [3.63, 3.8) is 0 Å². The number of hydrogen-bond acceptors (Lipinski definition) is 13. The molecule has 7 N–H and O–H groups in total. The number of nitrogens with zero attached hydrogens (tertiary/aromatic N) is 4. The fourth-order valence-corrected chi connectivity index (χ4v) is 10.6. The van der Waals surface area contributed by atoms with E-state index >= 15 is 0 Å². The Bertz CT molecular complexity index is 3600. The number of nitrogens with one attached hydrogen (secondary N) is 5. The third kappa shape index (κ3) is 22.9. The highest BCUT2D eigenvalue weighted by molar-refractivity contribution is 5.94. The number of carbonyl (C=O) groups excluding carboxylic acids is 7. The minimum atomic E-state index is -0.913. The summed E-state index contributed by atoms with van der Waals surface area (Å²) in [4.78, 5) is 112. The fraction of sp³-hybridized carbons (Fsp3) is 0.370. The lowest BCUT2D eigenvalue weighted by Crippen LogP contribution is -2.60. The van der Waals surface area contributed by atoms with Crippen LogP contribution in [0.15, 0.2) is 159 Å². The van der Waals surface area contributed by atoms with Crippen molar-refractivity contribution < 1.29 is 53.3 Å². The Labute approximate surface area is 545 Å². The number of aromatic nitrogens is 2. The van der Waals surface area contributed by atoms with E-state index in [2.05, 4.69) is 49.8 Å². The first kappa shape index (κ1) is 72.4. The number of aliphatic hydroxyl groups excluding tert-OH is 1.